The molecule has 0 amide bonds. The molecule has 4 heteroatoms. The molecule has 0 saturated carbocycles. The Labute approximate surface area is 77.0 Å². The van der Waals surface area contributed by atoms with Crippen LogP contribution < -0.4 is 4.74 Å². The highest BCUT2D eigenvalue weighted by Crippen LogP contribution is 2.17. The molecular weight excluding hydrogens is 168 g/mol. The summed E-state index contributed by atoms with van der Waals surface area (Å²) in [4.78, 5) is 18.8. The lowest BCUT2D eigenvalue weighted by atomic mass is 9.97. The van der Waals surface area contributed by atoms with Crippen LogP contribution in [-0.2, 0) is 4.79 Å². The van der Waals surface area contributed by atoms with Crippen LogP contribution in [0.3, 0.4) is 0 Å². The Morgan fingerprint density at radius 3 is 2.31 bits per heavy atom. The number of esters is 1. The van der Waals surface area contributed by atoms with Crippen molar-refractivity contribution < 1.29 is 9.53 Å². The molecule has 4 nitrogen and oxygen atoms in total. The minimum atomic E-state index is -0.504. The first kappa shape index (κ1) is 9.64. The molecule has 13 heavy (non-hydrogen) atoms. The van der Waals surface area contributed by atoms with E-state index in [-0.39, 0.29) is 5.97 Å². The van der Waals surface area contributed by atoms with Gasteiger partial charge in [0.05, 0.1) is 17.8 Å². The summed E-state index contributed by atoms with van der Waals surface area (Å²) < 4.78 is 5.01. The highest BCUT2D eigenvalue weighted by atomic mass is 16.5. The third kappa shape index (κ3) is 2.82. The van der Waals surface area contributed by atoms with Crippen LogP contribution in [0.1, 0.15) is 20.8 Å². The van der Waals surface area contributed by atoms with Crippen LogP contribution in [0.4, 0.5) is 0 Å². The normalized spacial score (nSPS) is 11.0. The number of nitrogens with zero attached hydrogens (tertiary/aromatic N) is 2. The molecule has 0 spiro atoms. The molecule has 70 valence electrons. The van der Waals surface area contributed by atoms with Crippen molar-refractivity contribution in [1.29, 1.82) is 0 Å². The quantitative estimate of drug-likeness (QED) is 0.613. The van der Waals surface area contributed by atoms with Gasteiger partial charge in [-0.05, 0) is 20.8 Å². The second-order valence-electron chi connectivity index (χ2n) is 3.71. The van der Waals surface area contributed by atoms with E-state index in [1.165, 1.54) is 18.7 Å². The Balaban J connectivity index is 2.66. The lowest BCUT2D eigenvalue weighted by Crippen LogP contribution is -2.25. The summed E-state index contributed by atoms with van der Waals surface area (Å²) in [7, 11) is 0. The van der Waals surface area contributed by atoms with Crippen molar-refractivity contribution in [2.45, 2.75) is 20.8 Å². The van der Waals surface area contributed by atoms with Gasteiger partial charge in [-0.1, -0.05) is 0 Å². The predicted octanol–water partition coefficient (Wildman–Crippen LogP) is 1.43. The van der Waals surface area contributed by atoms with Crippen LogP contribution in [0.2, 0.25) is 0 Å². The van der Waals surface area contributed by atoms with Crippen LogP contribution in [0.15, 0.2) is 18.7 Å². The minimum Gasteiger partial charge on any atom is -0.423 e. The summed E-state index contributed by atoms with van der Waals surface area (Å²) in [5.41, 5.74) is -0.504. The maximum Gasteiger partial charge on any atom is 0.316 e. The van der Waals surface area contributed by atoms with Crippen LogP contribution in [0.5, 0.6) is 5.75 Å². The van der Waals surface area contributed by atoms with Crippen LogP contribution in [0, 0.1) is 5.41 Å². The van der Waals surface area contributed by atoms with Crippen LogP contribution >= 0.6 is 0 Å². The second kappa shape index (κ2) is 3.51. The number of carbonyl (C=O) groups is 1. The van der Waals surface area contributed by atoms with Crippen molar-refractivity contribution in [3.63, 3.8) is 0 Å². The predicted molar refractivity (Wildman–Crippen MR) is 47.1 cm³/mol. The van der Waals surface area contributed by atoms with E-state index in [1.54, 1.807) is 20.8 Å². The molecule has 1 rings (SSSR count). The molecule has 0 fully saturated rings. The molecular formula is C9H12N2O2. The molecule has 0 saturated heterocycles. The lowest BCUT2D eigenvalue weighted by Gasteiger charge is -2.15. The molecule has 0 aromatic carbocycles. The molecule has 0 radical (unpaired) electrons. The van der Waals surface area contributed by atoms with Gasteiger partial charge in [-0.15, -0.1) is 0 Å². The number of hydrogen-bond donors (Lipinski definition) is 0. The van der Waals surface area contributed by atoms with Crippen molar-refractivity contribution in [1.82, 2.24) is 9.97 Å². The number of aromatic nitrogens is 2. The van der Waals surface area contributed by atoms with Gasteiger partial charge in [0.15, 0.2) is 5.75 Å². The summed E-state index contributed by atoms with van der Waals surface area (Å²) >= 11 is 0. The van der Waals surface area contributed by atoms with Gasteiger partial charge < -0.3 is 4.74 Å². The van der Waals surface area contributed by atoms with E-state index < -0.39 is 5.41 Å². The Bertz CT molecular complexity index is 290. The molecule has 0 N–H and O–H groups in total. The zero-order chi connectivity index (χ0) is 9.90. The molecule has 0 aliphatic rings. The molecule has 0 bridgehead atoms. The summed E-state index contributed by atoms with van der Waals surface area (Å²) in [6.07, 6.45) is 4.29. The van der Waals surface area contributed by atoms with Crippen molar-refractivity contribution >= 4 is 5.97 Å². The molecule has 0 aliphatic carbocycles. The molecule has 0 aliphatic heterocycles. The van der Waals surface area contributed by atoms with E-state index >= 15 is 0 Å². The lowest BCUT2D eigenvalue weighted by molar-refractivity contribution is -0.143. The number of carbonyl (C=O) groups excluding carboxylic acids is 1. The van der Waals surface area contributed by atoms with E-state index in [2.05, 4.69) is 9.97 Å². The summed E-state index contributed by atoms with van der Waals surface area (Å²) in [6.45, 7) is 5.37. The largest absolute Gasteiger partial charge is 0.423 e. The van der Waals surface area contributed by atoms with Gasteiger partial charge in [0.1, 0.15) is 6.33 Å². The fraction of sp³-hybridized carbons (Fsp3) is 0.444. The first-order valence-electron chi connectivity index (χ1n) is 3.97. The number of rotatable bonds is 1. The van der Waals surface area contributed by atoms with E-state index in [0.29, 0.717) is 5.75 Å². The second-order valence-corrected chi connectivity index (χ2v) is 3.71. The van der Waals surface area contributed by atoms with E-state index in [4.69, 9.17) is 4.74 Å². The number of ether oxygens (including phenoxy) is 1. The summed E-state index contributed by atoms with van der Waals surface area (Å²) in [5, 5.41) is 0. The maximum absolute atomic E-state index is 11.4. The fourth-order valence-corrected chi connectivity index (χ4v) is 0.598. The molecule has 1 aromatic rings. The molecule has 0 unspecified atom stereocenters. The number of hydrogen-bond acceptors (Lipinski definition) is 4. The third-order valence-electron chi connectivity index (χ3n) is 1.36. The Hall–Kier alpha value is -1.45. The van der Waals surface area contributed by atoms with Crippen molar-refractivity contribution in [2.75, 3.05) is 0 Å². The zero-order valence-electron chi connectivity index (χ0n) is 7.94. The summed E-state index contributed by atoms with van der Waals surface area (Å²) in [6, 6.07) is 0. The van der Waals surface area contributed by atoms with E-state index in [0.717, 1.165) is 0 Å². The standard InChI is InChI=1S/C9H12N2O2/c1-9(2,3)8(12)13-7-4-10-6-11-5-7/h4-6H,1-3H3. The Morgan fingerprint density at radius 2 is 1.85 bits per heavy atom. The fourth-order valence-electron chi connectivity index (χ4n) is 0.598. The van der Waals surface area contributed by atoms with Gasteiger partial charge in [0.2, 0.25) is 0 Å². The average Bonchev–Trinajstić information content (AvgIpc) is 2.04. The van der Waals surface area contributed by atoms with Crippen molar-refractivity contribution in [2.24, 2.45) is 5.41 Å². The topological polar surface area (TPSA) is 52.1 Å². The van der Waals surface area contributed by atoms with Gasteiger partial charge in [-0.3, -0.25) is 4.79 Å². The van der Waals surface area contributed by atoms with E-state index in [1.807, 2.05) is 0 Å². The zero-order valence-corrected chi connectivity index (χ0v) is 7.94. The molecule has 1 aromatic heterocycles. The van der Waals surface area contributed by atoms with Gasteiger partial charge >= 0.3 is 5.97 Å². The summed E-state index contributed by atoms with van der Waals surface area (Å²) in [5.74, 6) is 0.0877. The smallest absolute Gasteiger partial charge is 0.316 e. The van der Waals surface area contributed by atoms with Crippen LogP contribution in [-0.4, -0.2) is 15.9 Å². The first-order valence-corrected chi connectivity index (χ1v) is 3.97. The SMILES string of the molecule is CC(C)(C)C(=O)Oc1cncnc1. The van der Waals surface area contributed by atoms with Gasteiger partial charge in [-0.25, -0.2) is 9.97 Å². The highest BCUT2D eigenvalue weighted by molar-refractivity contribution is 5.77. The van der Waals surface area contributed by atoms with Gasteiger partial charge in [0.25, 0.3) is 0 Å². The van der Waals surface area contributed by atoms with Gasteiger partial charge in [-0.2, -0.15) is 0 Å². The van der Waals surface area contributed by atoms with E-state index in [9.17, 15) is 4.79 Å². The third-order valence-corrected chi connectivity index (χ3v) is 1.36. The van der Waals surface area contributed by atoms with Gasteiger partial charge in [0, 0.05) is 0 Å². The van der Waals surface area contributed by atoms with Crippen molar-refractivity contribution in [3.8, 4) is 5.75 Å². The Morgan fingerprint density at radius 1 is 1.31 bits per heavy atom. The minimum absolute atomic E-state index is 0.290. The monoisotopic (exact) mass is 180 g/mol. The van der Waals surface area contributed by atoms with Crippen molar-refractivity contribution in [3.05, 3.63) is 18.7 Å². The molecule has 0 atom stereocenters. The Kier molecular flexibility index (Phi) is 2.60. The van der Waals surface area contributed by atoms with Crippen LogP contribution in [0.25, 0.3) is 0 Å². The molecule has 1 heterocycles. The maximum atomic E-state index is 11.4. The highest BCUT2D eigenvalue weighted by Gasteiger charge is 2.23. The first-order chi connectivity index (χ1) is 6.00. The average molecular weight is 180 g/mol.